The lowest BCUT2D eigenvalue weighted by Crippen LogP contribution is -2.09. The van der Waals surface area contributed by atoms with Gasteiger partial charge in [-0.3, -0.25) is 15.1 Å². The van der Waals surface area contributed by atoms with Crippen LogP contribution in [0.25, 0.3) is 10.9 Å². The van der Waals surface area contributed by atoms with Crippen LogP contribution in [0.2, 0.25) is 0 Å². The van der Waals surface area contributed by atoms with E-state index in [9.17, 15) is 10.1 Å². The third kappa shape index (κ3) is 2.60. The van der Waals surface area contributed by atoms with Crippen molar-refractivity contribution in [3.8, 4) is 0 Å². The molecule has 0 aliphatic carbocycles. The van der Waals surface area contributed by atoms with Gasteiger partial charge in [-0.15, -0.1) is 0 Å². The van der Waals surface area contributed by atoms with E-state index >= 15 is 0 Å². The van der Waals surface area contributed by atoms with Crippen molar-refractivity contribution in [1.29, 1.82) is 0 Å². The Labute approximate surface area is 126 Å². The molecule has 2 heterocycles. The lowest BCUT2D eigenvalue weighted by molar-refractivity contribution is -0.382. The van der Waals surface area contributed by atoms with Crippen LogP contribution < -0.4 is 5.32 Å². The molecule has 0 radical (unpaired) electrons. The van der Waals surface area contributed by atoms with Crippen LogP contribution in [0.15, 0.2) is 43.0 Å². The fourth-order valence-corrected chi connectivity index (χ4v) is 2.43. The van der Waals surface area contributed by atoms with Crippen LogP contribution in [-0.2, 0) is 13.5 Å². The average molecular weight is 297 g/mol. The molecule has 0 saturated heterocycles. The Hall–Kier alpha value is -2.96. The van der Waals surface area contributed by atoms with Crippen LogP contribution in [0, 0.1) is 10.1 Å². The Balaban J connectivity index is 1.85. The summed E-state index contributed by atoms with van der Waals surface area (Å²) in [6, 6.07) is 6.91. The number of fused-ring (bicyclic) bond motifs is 1. The number of rotatable bonds is 5. The molecule has 0 bridgehead atoms. The molecule has 0 fully saturated rings. The molecule has 7 heteroatoms. The predicted octanol–water partition coefficient (Wildman–Crippen LogP) is 2.53. The zero-order valence-corrected chi connectivity index (χ0v) is 12.1. The molecule has 1 aromatic carbocycles. The number of hydrogen-bond donors (Lipinski definition) is 1. The monoisotopic (exact) mass is 297 g/mol. The highest BCUT2D eigenvalue weighted by atomic mass is 16.6. The molecular formula is C15H15N5O2. The van der Waals surface area contributed by atoms with Gasteiger partial charge in [0.05, 0.1) is 22.2 Å². The summed E-state index contributed by atoms with van der Waals surface area (Å²) in [5, 5.41) is 15.1. The van der Waals surface area contributed by atoms with Gasteiger partial charge in [-0.05, 0) is 24.3 Å². The molecule has 1 N–H and O–H groups in total. The Morgan fingerprint density at radius 2 is 2.23 bits per heavy atom. The number of anilines is 1. The molecular weight excluding hydrogens is 282 g/mol. The third-order valence-corrected chi connectivity index (χ3v) is 3.55. The van der Waals surface area contributed by atoms with Gasteiger partial charge in [-0.25, -0.2) is 4.98 Å². The first-order valence-corrected chi connectivity index (χ1v) is 6.88. The average Bonchev–Trinajstić information content (AvgIpc) is 2.92. The van der Waals surface area contributed by atoms with Crippen LogP contribution in [0.1, 0.15) is 5.69 Å². The van der Waals surface area contributed by atoms with Gasteiger partial charge in [-0.2, -0.15) is 0 Å². The minimum Gasteiger partial charge on any atom is -0.379 e. The first-order chi connectivity index (χ1) is 10.7. The first-order valence-electron chi connectivity index (χ1n) is 6.88. The molecule has 0 aliphatic heterocycles. The Morgan fingerprint density at radius 1 is 1.36 bits per heavy atom. The minimum atomic E-state index is -0.365. The van der Waals surface area contributed by atoms with Gasteiger partial charge in [0.25, 0.3) is 0 Å². The summed E-state index contributed by atoms with van der Waals surface area (Å²) < 4.78 is 1.93. The summed E-state index contributed by atoms with van der Waals surface area (Å²) in [5.41, 5.74) is 2.26. The number of hydrogen-bond acceptors (Lipinski definition) is 5. The summed E-state index contributed by atoms with van der Waals surface area (Å²) >= 11 is 0. The SMILES string of the molecule is Cn1cncc1CCNc1ccc2ncccc2c1[N+](=O)[O-]. The Bertz CT molecular complexity index is 828. The van der Waals surface area contributed by atoms with Crippen molar-refractivity contribution < 1.29 is 4.92 Å². The summed E-state index contributed by atoms with van der Waals surface area (Å²) in [6.07, 6.45) is 5.89. The second kappa shape index (κ2) is 5.80. The molecule has 0 atom stereocenters. The number of nitrogens with zero attached hydrogens (tertiary/aromatic N) is 4. The van der Waals surface area contributed by atoms with Crippen LogP contribution >= 0.6 is 0 Å². The standard InChI is InChI=1S/C15H15N5O2/c1-19-10-16-9-11(19)6-8-18-14-5-4-13-12(3-2-7-17-13)15(14)20(21)22/h2-5,7,9-10,18H,6,8H2,1H3. The van der Waals surface area contributed by atoms with E-state index in [1.807, 2.05) is 11.6 Å². The molecule has 0 aliphatic rings. The van der Waals surface area contributed by atoms with Gasteiger partial charge in [-0.1, -0.05) is 0 Å². The largest absolute Gasteiger partial charge is 0.379 e. The number of nitrogens with one attached hydrogen (secondary N) is 1. The fraction of sp³-hybridized carbons (Fsp3) is 0.200. The van der Waals surface area contributed by atoms with Crippen molar-refractivity contribution in [2.24, 2.45) is 7.05 Å². The normalized spacial score (nSPS) is 10.8. The van der Waals surface area contributed by atoms with E-state index in [4.69, 9.17) is 0 Å². The zero-order chi connectivity index (χ0) is 15.5. The number of aryl methyl sites for hydroxylation is 1. The molecule has 7 nitrogen and oxygen atoms in total. The smallest absolute Gasteiger partial charge is 0.301 e. The van der Waals surface area contributed by atoms with E-state index in [1.54, 1.807) is 43.0 Å². The Morgan fingerprint density at radius 3 is 2.95 bits per heavy atom. The maximum atomic E-state index is 11.4. The van der Waals surface area contributed by atoms with Crippen molar-refractivity contribution in [2.45, 2.75) is 6.42 Å². The second-order valence-electron chi connectivity index (χ2n) is 4.96. The van der Waals surface area contributed by atoms with E-state index in [2.05, 4.69) is 15.3 Å². The predicted molar refractivity (Wildman–Crippen MR) is 83.8 cm³/mol. The van der Waals surface area contributed by atoms with E-state index < -0.39 is 0 Å². The van der Waals surface area contributed by atoms with Gasteiger partial charge in [0.2, 0.25) is 0 Å². The maximum Gasteiger partial charge on any atom is 0.301 e. The lowest BCUT2D eigenvalue weighted by Gasteiger charge is -2.09. The maximum absolute atomic E-state index is 11.4. The van der Waals surface area contributed by atoms with Gasteiger partial charge >= 0.3 is 5.69 Å². The summed E-state index contributed by atoms with van der Waals surface area (Å²) in [7, 11) is 1.92. The van der Waals surface area contributed by atoms with Crippen molar-refractivity contribution in [3.63, 3.8) is 0 Å². The highest BCUT2D eigenvalue weighted by Crippen LogP contribution is 2.32. The molecule has 0 spiro atoms. The van der Waals surface area contributed by atoms with Crippen molar-refractivity contribution >= 4 is 22.3 Å². The lowest BCUT2D eigenvalue weighted by atomic mass is 10.1. The topological polar surface area (TPSA) is 85.9 Å². The van der Waals surface area contributed by atoms with Crippen LogP contribution in [0.3, 0.4) is 0 Å². The summed E-state index contributed by atoms with van der Waals surface area (Å²) in [4.78, 5) is 19.2. The quantitative estimate of drug-likeness (QED) is 0.577. The summed E-state index contributed by atoms with van der Waals surface area (Å²) in [5.74, 6) is 0. The zero-order valence-electron chi connectivity index (χ0n) is 12.1. The Kier molecular flexibility index (Phi) is 3.69. The fourth-order valence-electron chi connectivity index (χ4n) is 2.43. The van der Waals surface area contributed by atoms with Crippen molar-refractivity contribution in [1.82, 2.24) is 14.5 Å². The van der Waals surface area contributed by atoms with Crippen molar-refractivity contribution in [2.75, 3.05) is 11.9 Å². The van der Waals surface area contributed by atoms with Crippen molar-refractivity contribution in [3.05, 3.63) is 58.8 Å². The first kappa shape index (κ1) is 14.0. The molecule has 3 aromatic rings. The molecule has 112 valence electrons. The van der Waals surface area contributed by atoms with E-state index in [1.165, 1.54) is 0 Å². The number of pyridine rings is 1. The molecule has 0 saturated carbocycles. The number of nitro benzene ring substituents is 1. The van der Waals surface area contributed by atoms with Gasteiger partial charge in [0.1, 0.15) is 5.69 Å². The number of imidazole rings is 1. The number of aromatic nitrogens is 3. The second-order valence-corrected chi connectivity index (χ2v) is 4.96. The minimum absolute atomic E-state index is 0.0654. The molecule has 0 amide bonds. The molecule has 22 heavy (non-hydrogen) atoms. The van der Waals surface area contributed by atoms with E-state index in [0.29, 0.717) is 23.1 Å². The highest BCUT2D eigenvalue weighted by molar-refractivity contribution is 5.94. The van der Waals surface area contributed by atoms with E-state index in [-0.39, 0.29) is 10.6 Å². The summed E-state index contributed by atoms with van der Waals surface area (Å²) in [6.45, 7) is 0.589. The molecule has 0 unspecified atom stereocenters. The van der Waals surface area contributed by atoms with Gasteiger partial charge in [0, 0.05) is 38.1 Å². The number of benzene rings is 1. The van der Waals surface area contributed by atoms with Gasteiger partial charge in [0.15, 0.2) is 0 Å². The van der Waals surface area contributed by atoms with Crippen LogP contribution in [0.4, 0.5) is 11.4 Å². The van der Waals surface area contributed by atoms with E-state index in [0.717, 1.165) is 12.1 Å². The molecule has 2 aromatic heterocycles. The number of nitro groups is 1. The third-order valence-electron chi connectivity index (χ3n) is 3.55. The van der Waals surface area contributed by atoms with Gasteiger partial charge < -0.3 is 9.88 Å². The molecule has 3 rings (SSSR count). The van der Waals surface area contributed by atoms with Crippen LogP contribution in [0.5, 0.6) is 0 Å². The highest BCUT2D eigenvalue weighted by Gasteiger charge is 2.18. The van der Waals surface area contributed by atoms with Crippen LogP contribution in [-0.4, -0.2) is 26.0 Å².